The number of imidazole rings is 1. The van der Waals surface area contributed by atoms with Gasteiger partial charge in [0, 0.05) is 31.7 Å². The van der Waals surface area contributed by atoms with Crippen molar-refractivity contribution >= 4 is 6.03 Å². The van der Waals surface area contributed by atoms with Crippen molar-refractivity contribution in [3.05, 3.63) is 41.9 Å². The van der Waals surface area contributed by atoms with Crippen LogP contribution in [-0.4, -0.2) is 57.6 Å². The summed E-state index contributed by atoms with van der Waals surface area (Å²) in [5, 5.41) is 13.9. The molecule has 0 spiro atoms. The number of aromatic nitrogens is 2. The Morgan fingerprint density at radius 1 is 1.23 bits per heavy atom. The molecule has 2 N–H and O–H groups in total. The Morgan fingerprint density at radius 2 is 2.07 bits per heavy atom. The number of aliphatic hydroxyl groups excluding tert-OH is 1. The maximum atomic E-state index is 12.5. The fourth-order valence-electron chi connectivity index (χ4n) is 4.97. The molecule has 2 fully saturated rings. The summed E-state index contributed by atoms with van der Waals surface area (Å²) in [5.41, 5.74) is 3.70. The number of hydrogen-bond donors (Lipinski definition) is 2. The van der Waals surface area contributed by atoms with Gasteiger partial charge in [-0.15, -0.1) is 0 Å². The average Bonchev–Trinajstić information content (AvgIpc) is 3.34. The first-order valence-electron chi connectivity index (χ1n) is 11.2. The molecule has 0 aliphatic carbocycles. The molecule has 2 amide bonds. The number of carbonyl (C=O) groups excluding carboxylic acids is 1. The first kappa shape index (κ1) is 19.6. The summed E-state index contributed by atoms with van der Waals surface area (Å²) in [7, 11) is 0. The van der Waals surface area contributed by atoms with Crippen LogP contribution in [0.2, 0.25) is 0 Å². The molecular formula is C23H30N4O3. The predicted octanol–water partition coefficient (Wildman–Crippen LogP) is 2.76. The number of amides is 2. The Morgan fingerprint density at radius 3 is 2.87 bits per heavy atom. The minimum Gasteiger partial charge on any atom is -0.392 e. The Bertz CT molecular complexity index is 898. The van der Waals surface area contributed by atoms with E-state index >= 15 is 0 Å². The second-order valence-electron chi connectivity index (χ2n) is 8.70. The second-order valence-corrected chi connectivity index (χ2v) is 8.70. The van der Waals surface area contributed by atoms with Crippen LogP contribution in [0.25, 0.3) is 11.3 Å². The van der Waals surface area contributed by atoms with Crippen molar-refractivity contribution in [2.45, 2.75) is 57.4 Å². The number of rotatable bonds is 4. The quantitative estimate of drug-likeness (QED) is 0.693. The number of benzene rings is 1. The lowest BCUT2D eigenvalue weighted by Gasteiger charge is -2.35. The van der Waals surface area contributed by atoms with Crippen LogP contribution in [-0.2, 0) is 17.7 Å². The Hall–Kier alpha value is -2.38. The van der Waals surface area contributed by atoms with Gasteiger partial charge in [0.05, 0.1) is 24.5 Å². The Balaban J connectivity index is 1.14. The number of nitrogens with one attached hydrogen (secondary N) is 1. The third-order valence-corrected chi connectivity index (χ3v) is 6.79. The molecule has 5 rings (SSSR count). The molecule has 160 valence electrons. The van der Waals surface area contributed by atoms with Crippen LogP contribution < -0.4 is 5.32 Å². The zero-order chi connectivity index (χ0) is 20.5. The Kier molecular flexibility index (Phi) is 5.48. The van der Waals surface area contributed by atoms with Crippen LogP contribution in [0.4, 0.5) is 4.79 Å². The zero-order valence-corrected chi connectivity index (χ0v) is 17.3. The molecule has 2 aromatic rings. The average molecular weight is 411 g/mol. The lowest BCUT2D eigenvalue weighted by atomic mass is 9.89. The van der Waals surface area contributed by atoms with Gasteiger partial charge in [0.1, 0.15) is 12.1 Å². The number of aliphatic hydroxyl groups is 1. The van der Waals surface area contributed by atoms with Crippen LogP contribution in [0.15, 0.2) is 30.5 Å². The van der Waals surface area contributed by atoms with E-state index in [0.29, 0.717) is 19.5 Å². The number of likely N-dealkylation sites (tertiary alicyclic amines) is 1. The molecule has 2 atom stereocenters. The minimum absolute atomic E-state index is 0.0429. The normalized spacial score (nSPS) is 22.4. The highest BCUT2D eigenvalue weighted by Crippen LogP contribution is 2.33. The molecular weight excluding hydrogens is 380 g/mol. The molecule has 0 radical (unpaired) electrons. The van der Waals surface area contributed by atoms with Crippen LogP contribution in [0.5, 0.6) is 0 Å². The van der Waals surface area contributed by atoms with Gasteiger partial charge in [-0.2, -0.15) is 0 Å². The first-order valence-corrected chi connectivity index (χ1v) is 11.2. The number of hydrogen-bond acceptors (Lipinski definition) is 4. The monoisotopic (exact) mass is 410 g/mol. The van der Waals surface area contributed by atoms with Crippen LogP contribution in [0, 0.1) is 5.92 Å². The number of fused-ring (bicyclic) bond motifs is 3. The predicted molar refractivity (Wildman–Crippen MR) is 113 cm³/mol. The molecule has 7 nitrogen and oxygen atoms in total. The Labute approximate surface area is 177 Å². The fourth-order valence-corrected chi connectivity index (χ4v) is 4.97. The smallest absolute Gasteiger partial charge is 0.319 e. The van der Waals surface area contributed by atoms with E-state index in [4.69, 9.17) is 4.74 Å². The molecule has 7 heteroatoms. The number of nitrogens with zero attached hydrogens (tertiary/aromatic N) is 3. The lowest BCUT2D eigenvalue weighted by Crippen LogP contribution is -2.50. The minimum atomic E-state index is -0.438. The number of carbonyl (C=O) groups is 1. The second kappa shape index (κ2) is 8.40. The lowest BCUT2D eigenvalue weighted by molar-refractivity contribution is -0.00270. The molecule has 3 aliphatic rings. The van der Waals surface area contributed by atoms with Crippen molar-refractivity contribution in [1.29, 1.82) is 0 Å². The van der Waals surface area contributed by atoms with Crippen molar-refractivity contribution < 1.29 is 14.6 Å². The molecule has 0 saturated carbocycles. The van der Waals surface area contributed by atoms with Crippen molar-refractivity contribution in [3.63, 3.8) is 0 Å². The van der Waals surface area contributed by atoms with Crippen molar-refractivity contribution in [3.8, 4) is 11.3 Å². The maximum absolute atomic E-state index is 12.5. The van der Waals surface area contributed by atoms with Crippen LogP contribution in [0.3, 0.4) is 0 Å². The van der Waals surface area contributed by atoms with Gasteiger partial charge in [-0.05, 0) is 43.6 Å². The highest BCUT2D eigenvalue weighted by Gasteiger charge is 2.30. The number of ether oxygens (including phenoxy) is 1. The van der Waals surface area contributed by atoms with Gasteiger partial charge >= 0.3 is 6.03 Å². The highest BCUT2D eigenvalue weighted by molar-refractivity contribution is 5.74. The summed E-state index contributed by atoms with van der Waals surface area (Å²) in [6, 6.07) is 8.37. The van der Waals surface area contributed by atoms with Gasteiger partial charge in [-0.3, -0.25) is 0 Å². The molecule has 1 aromatic carbocycles. The zero-order valence-electron chi connectivity index (χ0n) is 17.3. The molecule has 2 saturated heterocycles. The maximum Gasteiger partial charge on any atom is 0.319 e. The molecule has 0 bridgehead atoms. The SMILES string of the molecule is O=C(NC1CCCCO1)N1CCC([C@@H](O)Cc2ncc3n2Cc2ccccc2-3)CC1. The van der Waals surface area contributed by atoms with Crippen molar-refractivity contribution in [2.24, 2.45) is 5.92 Å². The van der Waals surface area contributed by atoms with E-state index in [-0.39, 0.29) is 18.2 Å². The van der Waals surface area contributed by atoms with Gasteiger partial charge in [-0.1, -0.05) is 24.3 Å². The number of urea groups is 1. The summed E-state index contributed by atoms with van der Waals surface area (Å²) in [6.07, 6.45) is 6.58. The summed E-state index contributed by atoms with van der Waals surface area (Å²) < 4.78 is 7.83. The molecule has 1 unspecified atom stereocenters. The summed E-state index contributed by atoms with van der Waals surface area (Å²) in [4.78, 5) is 18.9. The van der Waals surface area contributed by atoms with Gasteiger partial charge in [0.2, 0.25) is 0 Å². The van der Waals surface area contributed by atoms with Crippen LogP contribution in [0.1, 0.15) is 43.5 Å². The largest absolute Gasteiger partial charge is 0.392 e. The molecule has 1 aromatic heterocycles. The standard InChI is InChI=1S/C23H30N4O3/c28-20(13-21-24-14-19-18-6-2-1-5-17(18)15-27(19)21)16-8-10-26(11-9-16)23(29)25-22-7-3-4-12-30-22/h1-2,5-6,14,16,20,22,28H,3-4,7-13,15H2,(H,25,29)/t20-,22?/m0/s1. The van der Waals surface area contributed by atoms with E-state index in [1.807, 2.05) is 11.1 Å². The fraction of sp³-hybridized carbons (Fsp3) is 0.565. The van der Waals surface area contributed by atoms with E-state index in [9.17, 15) is 9.90 Å². The van der Waals surface area contributed by atoms with E-state index in [1.165, 1.54) is 11.1 Å². The molecule has 3 aliphatic heterocycles. The summed E-state index contributed by atoms with van der Waals surface area (Å²) in [6.45, 7) is 2.90. The first-order chi connectivity index (χ1) is 14.7. The van der Waals surface area contributed by atoms with E-state index in [0.717, 1.165) is 56.8 Å². The molecule has 4 heterocycles. The highest BCUT2D eigenvalue weighted by atomic mass is 16.5. The summed E-state index contributed by atoms with van der Waals surface area (Å²) >= 11 is 0. The van der Waals surface area contributed by atoms with Gasteiger partial charge in [0.25, 0.3) is 0 Å². The third-order valence-electron chi connectivity index (χ3n) is 6.79. The van der Waals surface area contributed by atoms with Gasteiger partial charge in [-0.25, -0.2) is 9.78 Å². The van der Waals surface area contributed by atoms with E-state index in [1.54, 1.807) is 0 Å². The van der Waals surface area contributed by atoms with Crippen molar-refractivity contribution in [1.82, 2.24) is 19.8 Å². The summed E-state index contributed by atoms with van der Waals surface area (Å²) in [5.74, 6) is 1.14. The van der Waals surface area contributed by atoms with Crippen LogP contribution >= 0.6 is 0 Å². The third kappa shape index (κ3) is 3.84. The van der Waals surface area contributed by atoms with Gasteiger partial charge in [0.15, 0.2) is 0 Å². The molecule has 30 heavy (non-hydrogen) atoms. The van der Waals surface area contributed by atoms with E-state index < -0.39 is 6.10 Å². The van der Waals surface area contributed by atoms with Gasteiger partial charge < -0.3 is 24.6 Å². The topological polar surface area (TPSA) is 79.6 Å². The van der Waals surface area contributed by atoms with E-state index in [2.05, 4.69) is 39.1 Å². The van der Waals surface area contributed by atoms with Crippen molar-refractivity contribution in [2.75, 3.05) is 19.7 Å². The number of piperidine rings is 1.